The van der Waals surface area contributed by atoms with Gasteiger partial charge in [0.1, 0.15) is 0 Å². The summed E-state index contributed by atoms with van der Waals surface area (Å²) >= 11 is 0. The van der Waals surface area contributed by atoms with Gasteiger partial charge in [0.15, 0.2) is 0 Å². The van der Waals surface area contributed by atoms with Crippen LogP contribution in [0.5, 0.6) is 0 Å². The molecular formula is C16H13N3O. The van der Waals surface area contributed by atoms with Crippen molar-refractivity contribution in [1.29, 1.82) is 0 Å². The van der Waals surface area contributed by atoms with Crippen molar-refractivity contribution >= 4 is 10.8 Å². The summed E-state index contributed by atoms with van der Waals surface area (Å²) in [6.45, 7) is 0. The maximum atomic E-state index is 5.87. The summed E-state index contributed by atoms with van der Waals surface area (Å²) < 4.78 is 5.20. The largest absolute Gasteiger partial charge is 0.337 e. The van der Waals surface area contributed by atoms with Gasteiger partial charge in [0, 0.05) is 12.0 Å². The Hall–Kier alpha value is -2.64. The van der Waals surface area contributed by atoms with E-state index in [0.717, 1.165) is 16.3 Å². The Bertz CT molecular complexity index is 780. The summed E-state index contributed by atoms with van der Waals surface area (Å²) in [7, 11) is 0. The first-order valence-corrected chi connectivity index (χ1v) is 6.30. The van der Waals surface area contributed by atoms with Crippen molar-refractivity contribution in [3.63, 3.8) is 0 Å². The summed E-state index contributed by atoms with van der Waals surface area (Å²) in [5.41, 5.74) is 6.79. The highest BCUT2D eigenvalue weighted by atomic mass is 16.5. The van der Waals surface area contributed by atoms with E-state index in [1.165, 1.54) is 0 Å². The van der Waals surface area contributed by atoms with Gasteiger partial charge in [0.25, 0.3) is 0 Å². The second-order valence-electron chi connectivity index (χ2n) is 4.50. The third-order valence-electron chi connectivity index (χ3n) is 3.13. The van der Waals surface area contributed by atoms with E-state index in [4.69, 9.17) is 16.7 Å². The van der Waals surface area contributed by atoms with Gasteiger partial charge in [-0.15, -0.1) is 12.3 Å². The van der Waals surface area contributed by atoms with Gasteiger partial charge in [-0.05, 0) is 10.8 Å². The minimum absolute atomic E-state index is 0.367. The molecule has 3 rings (SSSR count). The fourth-order valence-corrected chi connectivity index (χ4v) is 2.13. The van der Waals surface area contributed by atoms with E-state index in [9.17, 15) is 0 Å². The lowest BCUT2D eigenvalue weighted by atomic mass is 10.0. The molecule has 0 amide bonds. The number of fused-ring (bicyclic) bond motifs is 1. The van der Waals surface area contributed by atoms with Crippen molar-refractivity contribution < 1.29 is 4.52 Å². The second-order valence-corrected chi connectivity index (χ2v) is 4.50. The smallest absolute Gasteiger partial charge is 0.244 e. The molecule has 3 aromatic rings. The van der Waals surface area contributed by atoms with E-state index in [0.29, 0.717) is 18.1 Å². The van der Waals surface area contributed by atoms with E-state index in [-0.39, 0.29) is 0 Å². The van der Waals surface area contributed by atoms with E-state index < -0.39 is 6.04 Å². The average Bonchev–Trinajstić information content (AvgIpc) is 2.97. The van der Waals surface area contributed by atoms with Gasteiger partial charge in [0.05, 0.1) is 6.04 Å². The molecule has 0 spiro atoms. The van der Waals surface area contributed by atoms with Crippen LogP contribution in [0, 0.1) is 12.3 Å². The number of hydrogen-bond donors (Lipinski definition) is 1. The highest BCUT2D eigenvalue weighted by Crippen LogP contribution is 2.27. The zero-order valence-electron chi connectivity index (χ0n) is 10.8. The van der Waals surface area contributed by atoms with Crippen molar-refractivity contribution in [2.24, 2.45) is 5.73 Å². The van der Waals surface area contributed by atoms with Gasteiger partial charge in [-0.1, -0.05) is 47.6 Å². The SMILES string of the molecule is C#CCC(N)c1nc(-c2cccc3ccccc23)no1. The van der Waals surface area contributed by atoms with Gasteiger partial charge in [-0.25, -0.2) is 0 Å². The molecule has 1 unspecified atom stereocenters. The molecule has 0 aliphatic carbocycles. The molecule has 1 heterocycles. The zero-order valence-corrected chi connectivity index (χ0v) is 10.8. The van der Waals surface area contributed by atoms with Crippen molar-refractivity contribution in [2.45, 2.75) is 12.5 Å². The van der Waals surface area contributed by atoms with Crippen LogP contribution in [0.15, 0.2) is 47.0 Å². The Balaban J connectivity index is 2.06. The normalized spacial score (nSPS) is 12.2. The molecule has 0 fully saturated rings. The topological polar surface area (TPSA) is 64.9 Å². The first-order chi connectivity index (χ1) is 9.79. The molecule has 2 N–H and O–H groups in total. The van der Waals surface area contributed by atoms with E-state index >= 15 is 0 Å². The number of rotatable bonds is 3. The molecule has 0 bridgehead atoms. The van der Waals surface area contributed by atoms with Gasteiger partial charge in [-0.2, -0.15) is 4.98 Å². The summed E-state index contributed by atoms with van der Waals surface area (Å²) in [6, 6.07) is 13.6. The molecule has 0 aliphatic rings. The van der Waals surface area contributed by atoms with Crippen LogP contribution < -0.4 is 5.73 Å². The Morgan fingerprint density at radius 1 is 1.20 bits per heavy atom. The Kier molecular flexibility index (Phi) is 3.20. The third-order valence-corrected chi connectivity index (χ3v) is 3.13. The van der Waals surface area contributed by atoms with E-state index in [2.05, 4.69) is 16.1 Å². The van der Waals surface area contributed by atoms with Crippen LogP contribution in [0.1, 0.15) is 18.4 Å². The summed E-state index contributed by atoms with van der Waals surface area (Å²) in [5, 5.41) is 6.21. The minimum Gasteiger partial charge on any atom is -0.337 e. The minimum atomic E-state index is -0.420. The quantitative estimate of drug-likeness (QED) is 0.738. The number of nitrogens with zero attached hydrogens (tertiary/aromatic N) is 2. The van der Waals surface area contributed by atoms with Gasteiger partial charge in [-0.3, -0.25) is 0 Å². The molecule has 4 heteroatoms. The maximum absolute atomic E-state index is 5.87. The van der Waals surface area contributed by atoms with Gasteiger partial charge in [0.2, 0.25) is 11.7 Å². The number of nitrogens with two attached hydrogens (primary N) is 1. The predicted octanol–water partition coefficient (Wildman–Crippen LogP) is 2.91. The third kappa shape index (κ3) is 2.15. The Labute approximate surface area is 116 Å². The lowest BCUT2D eigenvalue weighted by molar-refractivity contribution is 0.357. The number of aromatic nitrogens is 2. The highest BCUT2D eigenvalue weighted by molar-refractivity contribution is 5.94. The van der Waals surface area contributed by atoms with Crippen LogP contribution in [0.25, 0.3) is 22.2 Å². The van der Waals surface area contributed by atoms with Crippen LogP contribution in [-0.2, 0) is 0 Å². The Morgan fingerprint density at radius 3 is 2.85 bits per heavy atom. The lowest BCUT2D eigenvalue weighted by Crippen LogP contribution is -2.09. The van der Waals surface area contributed by atoms with Crippen LogP contribution in [0.4, 0.5) is 0 Å². The fourth-order valence-electron chi connectivity index (χ4n) is 2.13. The van der Waals surface area contributed by atoms with Crippen molar-refractivity contribution in [2.75, 3.05) is 0 Å². The molecule has 0 saturated heterocycles. The average molecular weight is 263 g/mol. The summed E-state index contributed by atoms with van der Waals surface area (Å²) in [5.74, 6) is 3.39. The molecule has 1 atom stereocenters. The second kappa shape index (κ2) is 5.16. The van der Waals surface area contributed by atoms with E-state index in [1.54, 1.807) is 0 Å². The van der Waals surface area contributed by atoms with Crippen molar-refractivity contribution in [3.8, 4) is 23.7 Å². The molecule has 0 saturated carbocycles. The standard InChI is InChI=1S/C16H13N3O/c1-2-6-14(17)16-18-15(19-20-16)13-10-5-8-11-7-3-4-9-12(11)13/h1,3-5,7-10,14H,6,17H2. The summed E-state index contributed by atoms with van der Waals surface area (Å²) in [6.07, 6.45) is 5.61. The molecule has 0 radical (unpaired) electrons. The maximum Gasteiger partial charge on any atom is 0.244 e. The molecule has 20 heavy (non-hydrogen) atoms. The van der Waals surface area contributed by atoms with E-state index in [1.807, 2.05) is 42.5 Å². The molecular weight excluding hydrogens is 250 g/mol. The monoisotopic (exact) mass is 263 g/mol. The molecule has 0 aliphatic heterocycles. The van der Waals surface area contributed by atoms with Crippen LogP contribution >= 0.6 is 0 Å². The Morgan fingerprint density at radius 2 is 2.00 bits per heavy atom. The highest BCUT2D eigenvalue weighted by Gasteiger charge is 2.15. The molecule has 98 valence electrons. The first kappa shape index (κ1) is 12.4. The first-order valence-electron chi connectivity index (χ1n) is 6.30. The van der Waals surface area contributed by atoms with Crippen LogP contribution in [0.3, 0.4) is 0 Å². The molecule has 2 aromatic carbocycles. The lowest BCUT2D eigenvalue weighted by Gasteiger charge is -2.02. The summed E-state index contributed by atoms with van der Waals surface area (Å²) in [4.78, 5) is 4.35. The molecule has 1 aromatic heterocycles. The number of hydrogen-bond acceptors (Lipinski definition) is 4. The number of terminal acetylenes is 1. The van der Waals surface area contributed by atoms with Crippen LogP contribution in [-0.4, -0.2) is 10.1 Å². The van der Waals surface area contributed by atoms with Gasteiger partial charge < -0.3 is 10.3 Å². The zero-order chi connectivity index (χ0) is 13.9. The van der Waals surface area contributed by atoms with Crippen LogP contribution in [0.2, 0.25) is 0 Å². The number of benzene rings is 2. The van der Waals surface area contributed by atoms with Crippen molar-refractivity contribution in [3.05, 3.63) is 48.4 Å². The molecule has 4 nitrogen and oxygen atoms in total. The fraction of sp³-hybridized carbons (Fsp3) is 0.125. The van der Waals surface area contributed by atoms with Crippen molar-refractivity contribution in [1.82, 2.24) is 10.1 Å². The van der Waals surface area contributed by atoms with Gasteiger partial charge >= 0.3 is 0 Å². The predicted molar refractivity (Wildman–Crippen MR) is 77.6 cm³/mol.